The topological polar surface area (TPSA) is 54.0 Å². The van der Waals surface area contributed by atoms with Gasteiger partial charge in [0.15, 0.2) is 12.1 Å². The van der Waals surface area contributed by atoms with E-state index in [1.807, 2.05) is 42.5 Å². The van der Waals surface area contributed by atoms with Crippen molar-refractivity contribution in [1.82, 2.24) is 0 Å². The van der Waals surface area contributed by atoms with E-state index in [1.54, 1.807) is 6.08 Å². The molecule has 2 heterocycles. The molecule has 0 N–H and O–H groups in total. The Hall–Kier alpha value is -2.79. The molecule has 0 amide bonds. The molecule has 1 unspecified atom stereocenters. The maximum atomic E-state index is 13.9. The van der Waals surface area contributed by atoms with Gasteiger partial charge in [-0.1, -0.05) is 111 Å². The summed E-state index contributed by atoms with van der Waals surface area (Å²) in [6.45, 7) is 10.3. The first-order chi connectivity index (χ1) is 19.8. The summed E-state index contributed by atoms with van der Waals surface area (Å²) in [5.74, 6) is 6.21. The Labute approximate surface area is 247 Å². The number of ether oxygens (including phenoxy) is 3. The van der Waals surface area contributed by atoms with Gasteiger partial charge in [-0.15, -0.1) is 0 Å². The lowest BCUT2D eigenvalue weighted by Gasteiger charge is -2.44. The molecule has 3 atom stereocenters. The van der Waals surface area contributed by atoms with E-state index in [0.717, 1.165) is 42.7 Å². The molecule has 1 fully saturated rings. The molecule has 0 bridgehead atoms. The fourth-order valence-corrected chi connectivity index (χ4v) is 10.1. The third kappa shape index (κ3) is 8.38. The van der Waals surface area contributed by atoms with Crippen molar-refractivity contribution in [2.24, 2.45) is 0 Å². The van der Waals surface area contributed by atoms with E-state index >= 15 is 0 Å². The average molecular weight is 573 g/mol. The zero-order valence-corrected chi connectivity index (χ0v) is 25.9. The molecule has 0 spiro atoms. The highest BCUT2D eigenvalue weighted by Gasteiger charge is 2.52. The summed E-state index contributed by atoms with van der Waals surface area (Å²) in [5, 5.41) is 1.99. The van der Waals surface area contributed by atoms with Gasteiger partial charge in [0.25, 0.3) is 8.32 Å². The SMILES string of the molecule is CC1=CCO[C@H](/C=C/C(=O)[C@H](CC#CCOC2CCCCO2)O[Si](c2ccccc2)(c2ccccc2)C(C)(C)C)C1. The van der Waals surface area contributed by atoms with Gasteiger partial charge in [-0.25, -0.2) is 0 Å². The van der Waals surface area contributed by atoms with Gasteiger partial charge in [0, 0.05) is 13.0 Å². The Kier molecular flexibility index (Phi) is 11.3. The minimum absolute atomic E-state index is 0.0976. The van der Waals surface area contributed by atoms with Gasteiger partial charge < -0.3 is 18.6 Å². The number of carbonyl (C=O) groups is 1. The standard InChI is InChI=1S/C35H44O5Si/c1-28-23-26-37-29(27-28)21-22-32(36)33(19-11-13-24-38-34-20-12-14-25-39-34)40-41(35(2,3)4,30-15-7-5-8-16-30)31-17-9-6-10-18-31/h5-10,15-18,21-23,29,33-34H,12,14,19-20,24-27H2,1-4H3/b22-21+/t29-,33+,34?/m1/s1. The van der Waals surface area contributed by atoms with Gasteiger partial charge in [0.2, 0.25) is 0 Å². The molecule has 218 valence electrons. The van der Waals surface area contributed by atoms with Crippen molar-refractivity contribution in [1.29, 1.82) is 0 Å². The molecule has 4 rings (SSSR count). The summed E-state index contributed by atoms with van der Waals surface area (Å²) in [4.78, 5) is 13.9. The predicted molar refractivity (Wildman–Crippen MR) is 167 cm³/mol. The largest absolute Gasteiger partial charge is 0.396 e. The van der Waals surface area contributed by atoms with Crippen molar-refractivity contribution in [2.75, 3.05) is 19.8 Å². The van der Waals surface area contributed by atoms with Crippen molar-refractivity contribution >= 4 is 24.5 Å². The fraction of sp³-hybridized carbons (Fsp3) is 0.457. The van der Waals surface area contributed by atoms with Crippen LogP contribution in [-0.2, 0) is 23.4 Å². The number of hydrogen-bond acceptors (Lipinski definition) is 5. The molecule has 2 aromatic carbocycles. The molecule has 2 aliphatic rings. The Morgan fingerprint density at radius 2 is 1.71 bits per heavy atom. The van der Waals surface area contributed by atoms with Gasteiger partial charge in [0.1, 0.15) is 12.7 Å². The van der Waals surface area contributed by atoms with Crippen LogP contribution in [0.3, 0.4) is 0 Å². The fourth-order valence-electron chi connectivity index (χ4n) is 5.50. The van der Waals surface area contributed by atoms with Crippen LogP contribution in [0.5, 0.6) is 0 Å². The molecule has 1 saturated heterocycles. The van der Waals surface area contributed by atoms with Crippen molar-refractivity contribution in [3.8, 4) is 11.8 Å². The lowest BCUT2D eigenvalue weighted by atomic mass is 10.1. The molecule has 0 aromatic heterocycles. The van der Waals surface area contributed by atoms with Crippen LogP contribution in [0.1, 0.15) is 59.8 Å². The highest BCUT2D eigenvalue weighted by atomic mass is 28.4. The molecular formula is C35H44O5Si. The Bertz CT molecular complexity index is 1190. The minimum atomic E-state index is -2.96. The second kappa shape index (κ2) is 14.9. The number of rotatable bonds is 10. The van der Waals surface area contributed by atoms with Crippen molar-refractivity contribution in [3.63, 3.8) is 0 Å². The van der Waals surface area contributed by atoms with Crippen molar-refractivity contribution in [2.45, 2.75) is 83.3 Å². The van der Waals surface area contributed by atoms with Crippen LogP contribution in [0.4, 0.5) is 0 Å². The molecule has 41 heavy (non-hydrogen) atoms. The smallest absolute Gasteiger partial charge is 0.262 e. The third-order valence-electron chi connectivity index (χ3n) is 7.69. The molecule has 2 aromatic rings. The second-order valence-electron chi connectivity index (χ2n) is 11.8. The van der Waals surface area contributed by atoms with Gasteiger partial charge in [0.05, 0.1) is 12.7 Å². The number of hydrogen-bond donors (Lipinski definition) is 0. The van der Waals surface area contributed by atoms with E-state index in [-0.39, 0.29) is 36.2 Å². The van der Waals surface area contributed by atoms with Crippen LogP contribution in [-0.4, -0.2) is 52.4 Å². The number of benzene rings is 2. The maximum Gasteiger partial charge on any atom is 0.262 e. The van der Waals surface area contributed by atoms with Crippen LogP contribution >= 0.6 is 0 Å². The van der Waals surface area contributed by atoms with E-state index in [1.165, 1.54) is 5.57 Å². The first kappa shape index (κ1) is 31.1. The zero-order valence-electron chi connectivity index (χ0n) is 24.9. The van der Waals surface area contributed by atoms with E-state index in [2.05, 4.69) is 69.9 Å². The lowest BCUT2D eigenvalue weighted by molar-refractivity contribution is -0.154. The van der Waals surface area contributed by atoms with Crippen LogP contribution in [0.2, 0.25) is 5.04 Å². The van der Waals surface area contributed by atoms with Crippen LogP contribution < -0.4 is 10.4 Å². The lowest BCUT2D eigenvalue weighted by Crippen LogP contribution is -2.68. The van der Waals surface area contributed by atoms with Crippen molar-refractivity contribution in [3.05, 3.63) is 84.5 Å². The molecule has 0 aliphatic carbocycles. The predicted octanol–water partition coefficient (Wildman–Crippen LogP) is 5.73. The summed E-state index contributed by atoms with van der Waals surface area (Å²) >= 11 is 0. The first-order valence-electron chi connectivity index (χ1n) is 14.8. The summed E-state index contributed by atoms with van der Waals surface area (Å²) in [6.07, 6.45) is 8.66. The Balaban J connectivity index is 1.64. The third-order valence-corrected chi connectivity index (χ3v) is 12.7. The molecular weight excluding hydrogens is 528 g/mol. The van der Waals surface area contributed by atoms with E-state index in [4.69, 9.17) is 18.6 Å². The summed E-state index contributed by atoms with van der Waals surface area (Å²) in [5.41, 5.74) is 1.27. The highest BCUT2D eigenvalue weighted by Crippen LogP contribution is 2.38. The minimum Gasteiger partial charge on any atom is -0.396 e. The second-order valence-corrected chi connectivity index (χ2v) is 16.1. The number of carbonyl (C=O) groups excluding carboxylic acids is 1. The van der Waals surface area contributed by atoms with Crippen LogP contribution in [0, 0.1) is 11.8 Å². The van der Waals surface area contributed by atoms with E-state index in [9.17, 15) is 4.79 Å². The molecule has 2 aliphatic heterocycles. The molecule has 5 nitrogen and oxygen atoms in total. The summed E-state index contributed by atoms with van der Waals surface area (Å²) in [6, 6.07) is 20.8. The molecule has 0 radical (unpaired) electrons. The van der Waals surface area contributed by atoms with Gasteiger partial charge in [-0.05, 0) is 54.1 Å². The Morgan fingerprint density at radius 3 is 2.29 bits per heavy atom. The van der Waals surface area contributed by atoms with Crippen LogP contribution in [0.15, 0.2) is 84.5 Å². The van der Waals surface area contributed by atoms with E-state index < -0.39 is 14.4 Å². The monoisotopic (exact) mass is 572 g/mol. The quantitative estimate of drug-likeness (QED) is 0.158. The van der Waals surface area contributed by atoms with E-state index in [0.29, 0.717) is 6.61 Å². The Morgan fingerprint density at radius 1 is 1.02 bits per heavy atom. The maximum absolute atomic E-state index is 13.9. The van der Waals surface area contributed by atoms with Crippen molar-refractivity contribution < 1.29 is 23.4 Å². The molecule has 6 heteroatoms. The average Bonchev–Trinajstić information content (AvgIpc) is 2.98. The zero-order chi connectivity index (χ0) is 29.1. The number of ketones is 1. The molecule has 0 saturated carbocycles. The summed E-state index contributed by atoms with van der Waals surface area (Å²) in [7, 11) is -2.96. The van der Waals surface area contributed by atoms with Gasteiger partial charge >= 0.3 is 0 Å². The normalized spacial score (nSPS) is 20.6. The van der Waals surface area contributed by atoms with Gasteiger partial charge in [-0.2, -0.15) is 0 Å². The highest BCUT2D eigenvalue weighted by molar-refractivity contribution is 6.99. The summed E-state index contributed by atoms with van der Waals surface area (Å²) < 4.78 is 24.5. The van der Waals surface area contributed by atoms with Crippen LogP contribution in [0.25, 0.3) is 0 Å². The van der Waals surface area contributed by atoms with Gasteiger partial charge in [-0.3, -0.25) is 4.79 Å². The first-order valence-corrected chi connectivity index (χ1v) is 16.7.